The molecule has 0 spiro atoms. The van der Waals surface area contributed by atoms with Gasteiger partial charge in [-0.3, -0.25) is 4.79 Å². The van der Waals surface area contributed by atoms with E-state index in [2.05, 4.69) is 5.10 Å². The molecule has 0 aromatic heterocycles. The Labute approximate surface area is 226 Å². The number of hydrogen-bond acceptors (Lipinski definition) is 5. The van der Waals surface area contributed by atoms with Gasteiger partial charge < -0.3 is 14.6 Å². The minimum atomic E-state index is -0.973. The number of carboxylic acid groups (broad SMARTS) is 1. The Balaban J connectivity index is 1.44. The van der Waals surface area contributed by atoms with Gasteiger partial charge in [-0.25, -0.2) is 4.79 Å². The summed E-state index contributed by atoms with van der Waals surface area (Å²) >= 11 is 0. The molecule has 1 N–H and O–H groups in total. The van der Waals surface area contributed by atoms with Gasteiger partial charge in [0, 0.05) is 5.56 Å². The molecule has 1 amide bonds. The SMILES string of the molecule is CCOc1cc(/C=C2\C(=O)N(c3ccccc3)N=C2c2ccccc2)ccc1OCc1ccc(C(=O)O)cc1. The predicted octanol–water partition coefficient (Wildman–Crippen LogP) is 6.20. The number of aromatic carboxylic acids is 1. The number of nitrogens with zero attached hydrogens (tertiary/aromatic N) is 2. The minimum absolute atomic E-state index is 0.219. The second-order valence-corrected chi connectivity index (χ2v) is 8.76. The van der Waals surface area contributed by atoms with Crippen molar-refractivity contribution in [2.75, 3.05) is 11.6 Å². The van der Waals surface area contributed by atoms with Crippen LogP contribution in [0.3, 0.4) is 0 Å². The number of hydrogen-bond donors (Lipinski definition) is 1. The number of amides is 1. The van der Waals surface area contributed by atoms with E-state index in [0.29, 0.717) is 35.1 Å². The third-order valence-corrected chi connectivity index (χ3v) is 6.10. The first-order valence-corrected chi connectivity index (χ1v) is 12.5. The first kappa shape index (κ1) is 25.5. The lowest BCUT2D eigenvalue weighted by atomic mass is 10.00. The standard InChI is InChI=1S/C32H26N2O5/c1-2-38-29-20-23(15-18-28(29)39-21-22-13-16-25(17-14-22)32(36)37)19-27-30(24-9-5-3-6-10-24)33-34(31(27)35)26-11-7-4-8-12-26/h3-20H,2,21H2,1H3,(H,36,37)/b27-19-. The zero-order chi connectivity index (χ0) is 27.2. The molecule has 194 valence electrons. The number of carbonyl (C=O) groups excluding carboxylic acids is 1. The number of carbonyl (C=O) groups is 2. The molecule has 1 aliphatic heterocycles. The number of anilines is 1. The van der Waals surface area contributed by atoms with E-state index >= 15 is 0 Å². The van der Waals surface area contributed by atoms with Gasteiger partial charge in [-0.05, 0) is 60.5 Å². The van der Waals surface area contributed by atoms with Crippen LogP contribution in [0.25, 0.3) is 6.08 Å². The topological polar surface area (TPSA) is 88.4 Å². The Morgan fingerprint density at radius 1 is 0.872 bits per heavy atom. The molecule has 1 heterocycles. The third kappa shape index (κ3) is 5.72. The van der Waals surface area contributed by atoms with Crippen LogP contribution < -0.4 is 14.5 Å². The zero-order valence-electron chi connectivity index (χ0n) is 21.3. The van der Waals surface area contributed by atoms with E-state index in [1.807, 2.05) is 85.8 Å². The Hall–Kier alpha value is -5.17. The molecule has 7 heteroatoms. The molecule has 0 radical (unpaired) electrons. The summed E-state index contributed by atoms with van der Waals surface area (Å²) in [5, 5.41) is 15.2. The van der Waals surface area contributed by atoms with Gasteiger partial charge in [-0.2, -0.15) is 10.1 Å². The van der Waals surface area contributed by atoms with Gasteiger partial charge >= 0.3 is 5.97 Å². The van der Waals surface area contributed by atoms with Gasteiger partial charge in [0.15, 0.2) is 11.5 Å². The van der Waals surface area contributed by atoms with E-state index in [9.17, 15) is 9.59 Å². The van der Waals surface area contributed by atoms with Crippen LogP contribution in [0.2, 0.25) is 0 Å². The summed E-state index contributed by atoms with van der Waals surface area (Å²) in [6.07, 6.45) is 1.81. The third-order valence-electron chi connectivity index (χ3n) is 6.10. The summed E-state index contributed by atoms with van der Waals surface area (Å²) in [6.45, 7) is 2.56. The molecule has 0 fully saturated rings. The van der Waals surface area contributed by atoms with E-state index in [0.717, 1.165) is 16.7 Å². The fraction of sp³-hybridized carbons (Fsp3) is 0.0938. The first-order chi connectivity index (χ1) is 19.0. The van der Waals surface area contributed by atoms with Crippen molar-refractivity contribution in [3.8, 4) is 11.5 Å². The molecule has 0 saturated carbocycles. The van der Waals surface area contributed by atoms with Crippen LogP contribution in [-0.4, -0.2) is 29.3 Å². The van der Waals surface area contributed by atoms with Gasteiger partial charge in [0.05, 0.1) is 23.4 Å². The molecule has 0 atom stereocenters. The second-order valence-electron chi connectivity index (χ2n) is 8.76. The molecular weight excluding hydrogens is 492 g/mol. The molecule has 0 unspecified atom stereocenters. The molecule has 5 rings (SSSR count). The summed E-state index contributed by atoms with van der Waals surface area (Å²) in [7, 11) is 0. The van der Waals surface area contributed by atoms with Gasteiger partial charge in [-0.1, -0.05) is 66.7 Å². The summed E-state index contributed by atoms with van der Waals surface area (Å²) < 4.78 is 11.8. The van der Waals surface area contributed by atoms with E-state index < -0.39 is 5.97 Å². The van der Waals surface area contributed by atoms with Gasteiger partial charge in [0.25, 0.3) is 5.91 Å². The lowest BCUT2D eigenvalue weighted by Gasteiger charge is -2.13. The highest BCUT2D eigenvalue weighted by molar-refractivity contribution is 6.37. The number of benzene rings is 4. The summed E-state index contributed by atoms with van der Waals surface area (Å²) in [5.41, 5.74) is 4.40. The molecule has 4 aromatic carbocycles. The molecule has 0 bridgehead atoms. The Morgan fingerprint density at radius 2 is 1.56 bits per heavy atom. The van der Waals surface area contributed by atoms with E-state index in [4.69, 9.17) is 14.6 Å². The number of carboxylic acids is 1. The Kier molecular flexibility index (Phi) is 7.50. The maximum absolute atomic E-state index is 13.5. The maximum atomic E-state index is 13.5. The zero-order valence-corrected chi connectivity index (χ0v) is 21.3. The summed E-state index contributed by atoms with van der Waals surface area (Å²) in [6, 6.07) is 31.0. The van der Waals surface area contributed by atoms with Crippen molar-refractivity contribution in [2.45, 2.75) is 13.5 Å². The van der Waals surface area contributed by atoms with Crippen LogP contribution in [-0.2, 0) is 11.4 Å². The van der Waals surface area contributed by atoms with Crippen LogP contribution in [0.15, 0.2) is 114 Å². The molecule has 7 nitrogen and oxygen atoms in total. The van der Waals surface area contributed by atoms with Crippen LogP contribution in [0.1, 0.15) is 34.0 Å². The Bertz CT molecular complexity index is 1550. The fourth-order valence-electron chi connectivity index (χ4n) is 4.17. The second kappa shape index (κ2) is 11.5. The monoisotopic (exact) mass is 518 g/mol. The number of ether oxygens (including phenoxy) is 2. The van der Waals surface area contributed by atoms with Crippen LogP contribution >= 0.6 is 0 Å². The maximum Gasteiger partial charge on any atom is 0.335 e. The highest BCUT2D eigenvalue weighted by Crippen LogP contribution is 2.32. The highest BCUT2D eigenvalue weighted by Gasteiger charge is 2.32. The van der Waals surface area contributed by atoms with Crippen molar-refractivity contribution in [3.63, 3.8) is 0 Å². The van der Waals surface area contributed by atoms with Crippen LogP contribution in [0.5, 0.6) is 11.5 Å². The van der Waals surface area contributed by atoms with Crippen molar-refractivity contribution < 1.29 is 24.2 Å². The van der Waals surface area contributed by atoms with Gasteiger partial charge in [0.1, 0.15) is 12.3 Å². The molecule has 0 aliphatic carbocycles. The average molecular weight is 519 g/mol. The molecule has 39 heavy (non-hydrogen) atoms. The predicted molar refractivity (Wildman–Crippen MR) is 150 cm³/mol. The summed E-state index contributed by atoms with van der Waals surface area (Å²) in [4.78, 5) is 24.6. The molecular formula is C32H26N2O5. The van der Waals surface area contributed by atoms with Gasteiger partial charge in [0.2, 0.25) is 0 Å². The fourth-order valence-corrected chi connectivity index (χ4v) is 4.17. The van der Waals surface area contributed by atoms with E-state index in [1.54, 1.807) is 30.3 Å². The van der Waals surface area contributed by atoms with Crippen LogP contribution in [0, 0.1) is 0 Å². The average Bonchev–Trinajstić information content (AvgIpc) is 3.29. The largest absolute Gasteiger partial charge is 0.490 e. The van der Waals surface area contributed by atoms with Gasteiger partial charge in [-0.15, -0.1) is 0 Å². The normalized spacial score (nSPS) is 13.9. The summed E-state index contributed by atoms with van der Waals surface area (Å²) in [5.74, 6) is -0.110. The molecule has 0 saturated heterocycles. The lowest BCUT2D eigenvalue weighted by molar-refractivity contribution is -0.114. The number of hydrazone groups is 1. The molecule has 4 aromatic rings. The minimum Gasteiger partial charge on any atom is -0.490 e. The van der Waals surface area contributed by atoms with Crippen molar-refractivity contribution in [3.05, 3.63) is 131 Å². The number of para-hydroxylation sites is 1. The van der Waals surface area contributed by atoms with E-state index in [-0.39, 0.29) is 18.1 Å². The van der Waals surface area contributed by atoms with Crippen molar-refractivity contribution in [1.29, 1.82) is 0 Å². The van der Waals surface area contributed by atoms with Crippen LogP contribution in [0.4, 0.5) is 5.69 Å². The lowest BCUT2D eigenvalue weighted by Crippen LogP contribution is -2.21. The Morgan fingerprint density at radius 3 is 2.23 bits per heavy atom. The number of rotatable bonds is 9. The molecule has 1 aliphatic rings. The van der Waals surface area contributed by atoms with E-state index in [1.165, 1.54) is 5.01 Å². The quantitative estimate of drug-likeness (QED) is 0.267. The smallest absolute Gasteiger partial charge is 0.335 e. The highest BCUT2D eigenvalue weighted by atomic mass is 16.5. The van der Waals surface area contributed by atoms with Crippen molar-refractivity contribution in [1.82, 2.24) is 0 Å². The van der Waals surface area contributed by atoms with Crippen molar-refractivity contribution >= 4 is 29.4 Å². The first-order valence-electron chi connectivity index (χ1n) is 12.5. The van der Waals surface area contributed by atoms with Crippen molar-refractivity contribution in [2.24, 2.45) is 5.10 Å².